The van der Waals surface area contributed by atoms with Crippen LogP contribution in [0.3, 0.4) is 0 Å². The highest BCUT2D eigenvalue weighted by Crippen LogP contribution is 2.31. The summed E-state index contributed by atoms with van der Waals surface area (Å²) in [6.07, 6.45) is 7.57. The molecule has 1 aromatic carbocycles. The lowest BCUT2D eigenvalue weighted by atomic mass is 10.1. The Labute approximate surface area is 130 Å². The molecule has 0 unspecified atom stereocenters. The Morgan fingerprint density at radius 2 is 1.81 bits per heavy atom. The molecule has 0 amide bonds. The lowest BCUT2D eigenvalue weighted by Crippen LogP contribution is -2.16. The van der Waals surface area contributed by atoms with Crippen molar-refractivity contribution in [1.82, 2.24) is 5.32 Å². The third kappa shape index (κ3) is 6.85. The Bertz CT molecular complexity index is 379. The van der Waals surface area contributed by atoms with Crippen molar-refractivity contribution in [2.75, 3.05) is 20.3 Å². The van der Waals surface area contributed by atoms with Crippen LogP contribution in [0.25, 0.3) is 0 Å². The van der Waals surface area contributed by atoms with E-state index in [4.69, 9.17) is 9.47 Å². The first-order chi connectivity index (χ1) is 10.3. The van der Waals surface area contributed by atoms with Crippen molar-refractivity contribution in [3.8, 4) is 11.5 Å². The topological polar surface area (TPSA) is 30.5 Å². The first-order valence-corrected chi connectivity index (χ1v) is 8.32. The number of ether oxygens (including phenoxy) is 2. The van der Waals surface area contributed by atoms with Crippen LogP contribution in [0.2, 0.25) is 0 Å². The molecule has 120 valence electrons. The van der Waals surface area contributed by atoms with Crippen LogP contribution in [0.15, 0.2) is 18.2 Å². The molecule has 0 atom stereocenters. The van der Waals surface area contributed by atoms with Crippen LogP contribution in [0.4, 0.5) is 0 Å². The van der Waals surface area contributed by atoms with Gasteiger partial charge in [-0.3, -0.25) is 0 Å². The Morgan fingerprint density at radius 1 is 1.00 bits per heavy atom. The van der Waals surface area contributed by atoms with E-state index < -0.39 is 0 Å². The second-order valence-corrected chi connectivity index (χ2v) is 5.39. The van der Waals surface area contributed by atoms with Gasteiger partial charge < -0.3 is 14.8 Å². The maximum Gasteiger partial charge on any atom is 0.165 e. The van der Waals surface area contributed by atoms with Crippen molar-refractivity contribution in [3.05, 3.63) is 23.8 Å². The summed E-state index contributed by atoms with van der Waals surface area (Å²) >= 11 is 0. The Kier molecular flexibility index (Phi) is 9.71. The summed E-state index contributed by atoms with van der Waals surface area (Å²) in [5.74, 6) is 1.71. The van der Waals surface area contributed by atoms with Crippen LogP contribution >= 0.6 is 0 Å². The Morgan fingerprint density at radius 3 is 2.52 bits per heavy atom. The molecule has 0 spiro atoms. The average Bonchev–Trinajstić information content (AvgIpc) is 2.52. The van der Waals surface area contributed by atoms with Gasteiger partial charge in [-0.1, -0.05) is 51.7 Å². The number of hydrogen-bond donors (Lipinski definition) is 1. The minimum atomic E-state index is 0.727. The Hall–Kier alpha value is -1.22. The lowest BCUT2D eigenvalue weighted by molar-refractivity contribution is 0.290. The smallest absolute Gasteiger partial charge is 0.165 e. The van der Waals surface area contributed by atoms with E-state index in [-0.39, 0.29) is 0 Å². The average molecular weight is 293 g/mol. The zero-order valence-corrected chi connectivity index (χ0v) is 13.9. The van der Waals surface area contributed by atoms with Crippen LogP contribution < -0.4 is 14.8 Å². The van der Waals surface area contributed by atoms with Crippen molar-refractivity contribution in [3.63, 3.8) is 0 Å². The van der Waals surface area contributed by atoms with Gasteiger partial charge in [-0.2, -0.15) is 0 Å². The second kappa shape index (κ2) is 11.4. The predicted octanol–water partition coefficient (Wildman–Crippen LogP) is 4.54. The van der Waals surface area contributed by atoms with E-state index in [0.29, 0.717) is 0 Å². The third-order valence-corrected chi connectivity index (χ3v) is 3.50. The van der Waals surface area contributed by atoms with Crippen molar-refractivity contribution in [2.45, 2.75) is 58.9 Å². The molecule has 0 fully saturated rings. The summed E-state index contributed by atoms with van der Waals surface area (Å²) in [7, 11) is 1.69. The molecule has 1 N–H and O–H groups in total. The first-order valence-electron chi connectivity index (χ1n) is 8.32. The summed E-state index contributed by atoms with van der Waals surface area (Å²) in [6, 6.07) is 6.09. The molecule has 0 heterocycles. The second-order valence-electron chi connectivity index (χ2n) is 5.39. The summed E-state index contributed by atoms with van der Waals surface area (Å²) in [5, 5.41) is 3.51. The molecule has 0 bridgehead atoms. The fourth-order valence-corrected chi connectivity index (χ4v) is 2.31. The van der Waals surface area contributed by atoms with Gasteiger partial charge in [0, 0.05) is 12.1 Å². The number of methoxy groups -OCH3 is 1. The van der Waals surface area contributed by atoms with Crippen molar-refractivity contribution < 1.29 is 9.47 Å². The minimum absolute atomic E-state index is 0.727. The number of para-hydroxylation sites is 1. The van der Waals surface area contributed by atoms with E-state index in [1.165, 1.54) is 37.7 Å². The number of benzene rings is 1. The van der Waals surface area contributed by atoms with Crippen LogP contribution in [-0.4, -0.2) is 20.3 Å². The van der Waals surface area contributed by atoms with Crippen LogP contribution in [0.5, 0.6) is 11.5 Å². The maximum absolute atomic E-state index is 5.85. The molecule has 0 aromatic heterocycles. The molecule has 0 aliphatic carbocycles. The molecule has 1 rings (SSSR count). The van der Waals surface area contributed by atoms with E-state index in [0.717, 1.165) is 37.6 Å². The summed E-state index contributed by atoms with van der Waals surface area (Å²) in [4.78, 5) is 0. The normalized spacial score (nSPS) is 10.6. The van der Waals surface area contributed by atoms with Gasteiger partial charge in [-0.25, -0.2) is 0 Å². The van der Waals surface area contributed by atoms with Crippen molar-refractivity contribution in [2.24, 2.45) is 0 Å². The van der Waals surface area contributed by atoms with Gasteiger partial charge in [0.25, 0.3) is 0 Å². The summed E-state index contributed by atoms with van der Waals surface area (Å²) < 4.78 is 11.3. The molecule has 0 aliphatic rings. The highest BCUT2D eigenvalue weighted by Gasteiger charge is 2.09. The molecule has 0 aliphatic heterocycles. The highest BCUT2D eigenvalue weighted by atomic mass is 16.5. The van der Waals surface area contributed by atoms with Gasteiger partial charge in [0.05, 0.1) is 13.7 Å². The van der Waals surface area contributed by atoms with Crippen LogP contribution in [-0.2, 0) is 6.54 Å². The Balaban J connectivity index is 2.42. The van der Waals surface area contributed by atoms with Gasteiger partial charge in [0.15, 0.2) is 11.5 Å². The zero-order chi connectivity index (χ0) is 15.3. The zero-order valence-electron chi connectivity index (χ0n) is 13.9. The molecule has 0 saturated heterocycles. The van der Waals surface area contributed by atoms with E-state index in [9.17, 15) is 0 Å². The molecular formula is C18H31NO2. The largest absolute Gasteiger partial charge is 0.493 e. The van der Waals surface area contributed by atoms with Gasteiger partial charge in [0.2, 0.25) is 0 Å². The van der Waals surface area contributed by atoms with Crippen molar-refractivity contribution >= 4 is 0 Å². The number of rotatable bonds is 12. The maximum atomic E-state index is 5.85. The highest BCUT2D eigenvalue weighted by molar-refractivity contribution is 5.46. The minimum Gasteiger partial charge on any atom is -0.493 e. The molecular weight excluding hydrogens is 262 g/mol. The molecule has 21 heavy (non-hydrogen) atoms. The van der Waals surface area contributed by atoms with Gasteiger partial charge in [0.1, 0.15) is 0 Å². The monoisotopic (exact) mass is 293 g/mol. The molecule has 0 radical (unpaired) electrons. The van der Waals surface area contributed by atoms with E-state index in [1.807, 2.05) is 12.1 Å². The SMILES string of the molecule is CCCCCCCNCc1cccc(OC)c1OCCC. The van der Waals surface area contributed by atoms with Crippen molar-refractivity contribution in [1.29, 1.82) is 0 Å². The van der Waals surface area contributed by atoms with E-state index in [2.05, 4.69) is 25.2 Å². The van der Waals surface area contributed by atoms with Gasteiger partial charge in [-0.15, -0.1) is 0 Å². The van der Waals surface area contributed by atoms with Gasteiger partial charge >= 0.3 is 0 Å². The lowest BCUT2D eigenvalue weighted by Gasteiger charge is -2.15. The van der Waals surface area contributed by atoms with E-state index in [1.54, 1.807) is 7.11 Å². The quantitative estimate of drug-likeness (QED) is 0.574. The number of nitrogens with one attached hydrogen (secondary N) is 1. The summed E-state index contributed by atoms with van der Waals surface area (Å²) in [6.45, 7) is 6.99. The van der Waals surface area contributed by atoms with Crippen LogP contribution in [0.1, 0.15) is 57.9 Å². The van der Waals surface area contributed by atoms with Gasteiger partial charge in [-0.05, 0) is 25.5 Å². The fourth-order valence-electron chi connectivity index (χ4n) is 2.31. The third-order valence-electron chi connectivity index (χ3n) is 3.50. The number of hydrogen-bond acceptors (Lipinski definition) is 3. The molecule has 1 aromatic rings. The van der Waals surface area contributed by atoms with Crippen LogP contribution in [0, 0.1) is 0 Å². The fraction of sp³-hybridized carbons (Fsp3) is 0.667. The van der Waals surface area contributed by atoms with E-state index >= 15 is 0 Å². The molecule has 3 nitrogen and oxygen atoms in total. The standard InChI is InChI=1S/C18H31NO2/c1-4-6-7-8-9-13-19-15-16-11-10-12-17(20-3)18(16)21-14-5-2/h10-12,19H,4-9,13-15H2,1-3H3. The first kappa shape index (κ1) is 17.8. The summed E-state index contributed by atoms with van der Waals surface area (Å²) in [5.41, 5.74) is 1.18. The molecule has 0 saturated carbocycles. The predicted molar refractivity (Wildman–Crippen MR) is 89.2 cm³/mol. The number of unbranched alkanes of at least 4 members (excludes halogenated alkanes) is 4. The molecule has 3 heteroatoms.